The fourth-order valence-corrected chi connectivity index (χ4v) is 4.07. The highest BCUT2D eigenvalue weighted by atomic mass is 19.4. The first-order valence-electron chi connectivity index (χ1n) is 12.3. The number of halogens is 3. The number of pyridine rings is 2. The van der Waals surface area contributed by atoms with Crippen LogP contribution >= 0.6 is 0 Å². The van der Waals surface area contributed by atoms with E-state index in [9.17, 15) is 18.0 Å². The van der Waals surface area contributed by atoms with E-state index in [0.717, 1.165) is 29.9 Å². The number of hydrogen-bond donors (Lipinski definition) is 1. The molecule has 5 nitrogen and oxygen atoms in total. The molecule has 0 saturated carbocycles. The molecule has 1 atom stereocenters. The monoisotopic (exact) mass is 500 g/mol. The van der Waals surface area contributed by atoms with Crippen molar-refractivity contribution in [3.05, 3.63) is 71.7 Å². The zero-order valence-electron chi connectivity index (χ0n) is 21.6. The van der Waals surface area contributed by atoms with E-state index in [1.165, 1.54) is 12.3 Å². The molecule has 1 aromatic carbocycles. The van der Waals surface area contributed by atoms with Crippen LogP contribution in [0.1, 0.15) is 68.7 Å². The summed E-state index contributed by atoms with van der Waals surface area (Å²) in [4.78, 5) is 23.4. The highest BCUT2D eigenvalue weighted by Gasteiger charge is 2.33. The molecule has 1 amide bonds. The van der Waals surface area contributed by atoms with Crippen LogP contribution in [0.15, 0.2) is 54.9 Å². The Morgan fingerprint density at radius 1 is 1.06 bits per heavy atom. The number of alkyl halides is 3. The van der Waals surface area contributed by atoms with Gasteiger partial charge in [-0.1, -0.05) is 52.8 Å². The maximum Gasteiger partial charge on any atom is 0.433 e. The number of hydrogen-bond acceptors (Lipinski definition) is 4. The first-order valence-corrected chi connectivity index (χ1v) is 12.3. The van der Waals surface area contributed by atoms with Gasteiger partial charge in [0.1, 0.15) is 5.69 Å². The Balaban J connectivity index is 1.86. The van der Waals surface area contributed by atoms with E-state index in [4.69, 9.17) is 0 Å². The van der Waals surface area contributed by atoms with Crippen LogP contribution in [0, 0.1) is 11.3 Å². The Kier molecular flexibility index (Phi) is 8.71. The number of carbonyl (C=O) groups excluding carboxylic acids is 1. The average molecular weight is 501 g/mol. The molecule has 0 fully saturated rings. The maximum absolute atomic E-state index is 13.2. The van der Waals surface area contributed by atoms with Crippen molar-refractivity contribution in [2.45, 2.75) is 53.3 Å². The Bertz CT molecular complexity index is 1150. The number of rotatable bonds is 10. The largest absolute Gasteiger partial charge is 0.433 e. The summed E-state index contributed by atoms with van der Waals surface area (Å²) in [6.45, 7) is 12.5. The van der Waals surface area contributed by atoms with E-state index in [1.54, 1.807) is 24.4 Å². The topological polar surface area (TPSA) is 58.1 Å². The molecule has 1 N–H and O–H groups in total. The summed E-state index contributed by atoms with van der Waals surface area (Å²) in [5.74, 6) is 0.221. The van der Waals surface area contributed by atoms with Gasteiger partial charge in [-0.15, -0.1) is 0 Å². The molecule has 194 valence electrons. The van der Waals surface area contributed by atoms with Gasteiger partial charge in [0.25, 0.3) is 5.91 Å². The maximum atomic E-state index is 13.2. The third kappa shape index (κ3) is 6.60. The second kappa shape index (κ2) is 11.4. The summed E-state index contributed by atoms with van der Waals surface area (Å²) in [6.07, 6.45) is -0.643. The quantitative estimate of drug-likeness (QED) is 0.345. The third-order valence-corrected chi connectivity index (χ3v) is 7.26. The van der Waals surface area contributed by atoms with E-state index < -0.39 is 11.9 Å². The molecule has 0 bridgehead atoms. The molecular weight excluding hydrogens is 465 g/mol. The zero-order chi connectivity index (χ0) is 26.5. The summed E-state index contributed by atoms with van der Waals surface area (Å²) in [6, 6.07) is 11.1. The number of likely N-dealkylation sites (N-methyl/N-ethyl adjacent to an activating group) is 1. The predicted molar refractivity (Wildman–Crippen MR) is 137 cm³/mol. The molecule has 8 heteroatoms. The second-order valence-electron chi connectivity index (χ2n) is 10.1. The number of amides is 1. The molecule has 0 aliphatic carbocycles. The van der Waals surface area contributed by atoms with Crippen LogP contribution in [0.3, 0.4) is 0 Å². The Morgan fingerprint density at radius 3 is 2.42 bits per heavy atom. The lowest BCUT2D eigenvalue weighted by molar-refractivity contribution is -0.141. The summed E-state index contributed by atoms with van der Waals surface area (Å²) in [5.41, 5.74) is 1.03. The van der Waals surface area contributed by atoms with Crippen LogP contribution in [0.2, 0.25) is 0 Å². The number of nitrogens with one attached hydrogen (secondary N) is 1. The predicted octanol–water partition coefficient (Wildman–Crippen LogP) is 6.51. The van der Waals surface area contributed by atoms with E-state index in [1.807, 2.05) is 19.1 Å². The van der Waals surface area contributed by atoms with E-state index in [0.29, 0.717) is 23.6 Å². The first-order chi connectivity index (χ1) is 16.9. The van der Waals surface area contributed by atoms with Gasteiger partial charge in [-0.2, -0.15) is 13.2 Å². The summed E-state index contributed by atoms with van der Waals surface area (Å²) in [7, 11) is 0. The van der Waals surface area contributed by atoms with Gasteiger partial charge in [-0.3, -0.25) is 19.7 Å². The fourth-order valence-electron chi connectivity index (χ4n) is 4.07. The molecule has 2 aromatic heterocycles. The van der Waals surface area contributed by atoms with Gasteiger partial charge in [-0.25, -0.2) is 0 Å². The first kappa shape index (κ1) is 27.6. The third-order valence-electron chi connectivity index (χ3n) is 7.26. The summed E-state index contributed by atoms with van der Waals surface area (Å²) in [5, 5.41) is 3.76. The van der Waals surface area contributed by atoms with Gasteiger partial charge in [-0.05, 0) is 60.7 Å². The van der Waals surface area contributed by atoms with Gasteiger partial charge in [0.05, 0.1) is 11.6 Å². The second-order valence-corrected chi connectivity index (χ2v) is 10.1. The van der Waals surface area contributed by atoms with Crippen molar-refractivity contribution in [3.8, 4) is 0 Å². The molecule has 3 aromatic rings. The number of aromatic nitrogens is 2. The highest BCUT2D eigenvalue weighted by Crippen LogP contribution is 2.32. The van der Waals surface area contributed by atoms with Gasteiger partial charge in [0.15, 0.2) is 0 Å². The van der Waals surface area contributed by atoms with E-state index in [-0.39, 0.29) is 23.9 Å². The molecule has 2 heterocycles. The molecular formula is C28H35F3N4O. The Hall–Kier alpha value is -3.00. The fraction of sp³-hybridized carbons (Fsp3) is 0.464. The summed E-state index contributed by atoms with van der Waals surface area (Å²) >= 11 is 0. The lowest BCUT2D eigenvalue weighted by Gasteiger charge is -2.36. The molecule has 0 aliphatic rings. The molecule has 0 aliphatic heterocycles. The van der Waals surface area contributed by atoms with Crippen LogP contribution in [-0.4, -0.2) is 40.4 Å². The van der Waals surface area contributed by atoms with Crippen LogP contribution in [0.25, 0.3) is 10.9 Å². The number of fused-ring (bicyclic) bond motifs is 1. The highest BCUT2D eigenvalue weighted by molar-refractivity contribution is 6.06. The Morgan fingerprint density at radius 2 is 1.81 bits per heavy atom. The Labute approximate surface area is 211 Å². The normalized spacial score (nSPS) is 13.4. The number of nitrogens with zero attached hydrogens (tertiary/aromatic N) is 3. The SMILES string of the molecule is CCN(CCC(C)(C)C(C)C)C(CNC(=O)c1cccc2ncccc12)c1ccc(C(F)(F)F)nc1. The van der Waals surface area contributed by atoms with Gasteiger partial charge >= 0.3 is 6.18 Å². The molecule has 36 heavy (non-hydrogen) atoms. The smallest absolute Gasteiger partial charge is 0.350 e. The van der Waals surface area contributed by atoms with Crippen LogP contribution in [0.4, 0.5) is 13.2 Å². The number of carbonyl (C=O) groups is 1. The van der Waals surface area contributed by atoms with E-state index >= 15 is 0 Å². The minimum absolute atomic E-state index is 0.0928. The number of benzene rings is 1. The van der Waals surface area contributed by atoms with Crippen molar-refractivity contribution in [1.29, 1.82) is 0 Å². The standard InChI is InChI=1S/C28H35F3N4O/c1-6-35(16-14-27(4,5)19(2)3)24(20-12-13-25(33-17-20)28(29,30)31)18-34-26(36)22-9-7-11-23-21(22)10-8-15-32-23/h7-13,15,17,19,24H,6,14,16,18H2,1-5H3,(H,34,36). The lowest BCUT2D eigenvalue weighted by atomic mass is 9.78. The van der Waals surface area contributed by atoms with Crippen LogP contribution in [-0.2, 0) is 6.18 Å². The van der Waals surface area contributed by atoms with Gasteiger partial charge in [0.2, 0.25) is 0 Å². The van der Waals surface area contributed by atoms with Crippen molar-refractivity contribution in [1.82, 2.24) is 20.2 Å². The minimum atomic E-state index is -4.50. The summed E-state index contributed by atoms with van der Waals surface area (Å²) < 4.78 is 39.3. The minimum Gasteiger partial charge on any atom is -0.350 e. The van der Waals surface area contributed by atoms with Crippen molar-refractivity contribution in [2.75, 3.05) is 19.6 Å². The lowest BCUT2D eigenvalue weighted by Crippen LogP contribution is -2.40. The van der Waals surface area contributed by atoms with Crippen LogP contribution < -0.4 is 5.32 Å². The van der Waals surface area contributed by atoms with Crippen LogP contribution in [0.5, 0.6) is 0 Å². The van der Waals surface area contributed by atoms with Gasteiger partial charge in [0, 0.05) is 29.9 Å². The van der Waals surface area contributed by atoms with Crippen molar-refractivity contribution in [3.63, 3.8) is 0 Å². The molecule has 0 radical (unpaired) electrons. The van der Waals surface area contributed by atoms with Gasteiger partial charge < -0.3 is 5.32 Å². The van der Waals surface area contributed by atoms with Crippen molar-refractivity contribution in [2.24, 2.45) is 11.3 Å². The molecule has 0 spiro atoms. The van der Waals surface area contributed by atoms with Crippen molar-refractivity contribution < 1.29 is 18.0 Å². The molecule has 3 rings (SSSR count). The average Bonchev–Trinajstić information content (AvgIpc) is 2.85. The molecule has 0 saturated heterocycles. The zero-order valence-corrected chi connectivity index (χ0v) is 21.6. The molecule has 1 unspecified atom stereocenters. The van der Waals surface area contributed by atoms with E-state index in [2.05, 4.69) is 47.9 Å². The van der Waals surface area contributed by atoms with Crippen molar-refractivity contribution >= 4 is 16.8 Å².